The second-order valence-corrected chi connectivity index (χ2v) is 21.1. The molecule has 6 nitrogen and oxygen atoms in total. The lowest BCUT2D eigenvalue weighted by Crippen LogP contribution is -2.05. The standard InChI is InChI=1S/C74H48N6/c1-46-39-52(40-47(2)76-46)62-44-74(80-70-26-14-8-20-61(70)64-42-51(32-38-72(64)80)49-29-35-55(36-30-49)78-67-23-11-5-17-58(67)59-18-6-12-24-68(59)78)73(43-53(62)45-75)79-69-25-13-7-19-60(69)63-41-50(31-37-71(63)79)48-27-33-54(34-28-48)77-65-21-9-3-15-56(65)57-16-4-10-22-66(57)77/h3-44H,1-2H3. The molecule has 16 aromatic rings. The Balaban J connectivity index is 0.867. The normalized spacial score (nSPS) is 11.9. The molecule has 0 aliphatic carbocycles. The number of nitrogens with zero attached hydrogens (tertiary/aromatic N) is 6. The summed E-state index contributed by atoms with van der Waals surface area (Å²) in [7, 11) is 0. The van der Waals surface area contributed by atoms with Crippen molar-refractivity contribution < 1.29 is 0 Å². The Morgan fingerprint density at radius 1 is 0.287 bits per heavy atom. The van der Waals surface area contributed by atoms with Gasteiger partial charge in [0, 0.05) is 71.4 Å². The van der Waals surface area contributed by atoms with Gasteiger partial charge < -0.3 is 18.3 Å². The van der Waals surface area contributed by atoms with Crippen molar-refractivity contribution in [3.8, 4) is 62.2 Å². The molecule has 0 amide bonds. The second kappa shape index (κ2) is 17.7. The second-order valence-electron chi connectivity index (χ2n) is 21.1. The zero-order valence-electron chi connectivity index (χ0n) is 43.9. The lowest BCUT2D eigenvalue weighted by molar-refractivity contribution is 1.09. The number of hydrogen-bond donors (Lipinski definition) is 0. The Kier molecular flexibility index (Phi) is 10.0. The van der Waals surface area contributed by atoms with E-state index in [9.17, 15) is 5.26 Å². The van der Waals surface area contributed by atoms with Crippen LogP contribution in [-0.2, 0) is 0 Å². The molecule has 0 saturated carbocycles. The van der Waals surface area contributed by atoms with Crippen LogP contribution in [0, 0.1) is 25.2 Å². The molecule has 6 heteroatoms. The summed E-state index contributed by atoms with van der Waals surface area (Å²) in [5.41, 5.74) is 21.9. The van der Waals surface area contributed by atoms with E-state index in [0.29, 0.717) is 5.56 Å². The first kappa shape index (κ1) is 45.5. The fourth-order valence-corrected chi connectivity index (χ4v) is 13.1. The molecule has 16 rings (SSSR count). The molecule has 80 heavy (non-hydrogen) atoms. The van der Waals surface area contributed by atoms with Crippen molar-refractivity contribution in [1.29, 1.82) is 5.26 Å². The van der Waals surface area contributed by atoms with Crippen molar-refractivity contribution in [2.24, 2.45) is 0 Å². The van der Waals surface area contributed by atoms with Crippen molar-refractivity contribution in [1.82, 2.24) is 23.3 Å². The number of nitriles is 1. The molecular formula is C74H48N6. The van der Waals surface area contributed by atoms with Gasteiger partial charge in [-0.05, 0) is 151 Å². The van der Waals surface area contributed by atoms with Crippen LogP contribution >= 0.6 is 0 Å². The number of rotatable bonds is 7. The number of fused-ring (bicyclic) bond motifs is 12. The fourth-order valence-electron chi connectivity index (χ4n) is 13.1. The first-order chi connectivity index (χ1) is 39.5. The molecular weight excluding hydrogens is 973 g/mol. The molecule has 0 aliphatic heterocycles. The highest BCUT2D eigenvalue weighted by atomic mass is 15.1. The number of pyridine rings is 1. The van der Waals surface area contributed by atoms with Crippen LogP contribution in [0.15, 0.2) is 255 Å². The molecule has 0 radical (unpaired) electrons. The molecule has 0 bridgehead atoms. The minimum absolute atomic E-state index is 0.590. The Bertz CT molecular complexity index is 5140. The van der Waals surface area contributed by atoms with Gasteiger partial charge in [-0.1, -0.05) is 146 Å². The molecule has 0 atom stereocenters. The van der Waals surface area contributed by atoms with Crippen LogP contribution in [0.4, 0.5) is 0 Å². The van der Waals surface area contributed by atoms with E-state index in [4.69, 9.17) is 4.98 Å². The number of para-hydroxylation sites is 6. The molecule has 0 unspecified atom stereocenters. The van der Waals surface area contributed by atoms with E-state index in [0.717, 1.165) is 111 Å². The first-order valence-electron chi connectivity index (χ1n) is 27.2. The molecule has 0 saturated heterocycles. The van der Waals surface area contributed by atoms with Gasteiger partial charge in [0.25, 0.3) is 0 Å². The topological polar surface area (TPSA) is 56.4 Å². The van der Waals surface area contributed by atoms with E-state index in [1.165, 1.54) is 43.6 Å². The van der Waals surface area contributed by atoms with Crippen molar-refractivity contribution in [2.45, 2.75) is 13.8 Å². The van der Waals surface area contributed by atoms with Gasteiger partial charge in [0.1, 0.15) is 0 Å². The van der Waals surface area contributed by atoms with Crippen LogP contribution in [0.2, 0.25) is 0 Å². The van der Waals surface area contributed by atoms with E-state index in [-0.39, 0.29) is 0 Å². The van der Waals surface area contributed by atoms with E-state index in [1.54, 1.807) is 0 Å². The van der Waals surface area contributed by atoms with E-state index in [1.807, 2.05) is 13.8 Å². The Morgan fingerprint density at radius 2 is 0.600 bits per heavy atom. The molecule has 5 aromatic heterocycles. The average molecular weight is 1020 g/mol. The third-order valence-corrected chi connectivity index (χ3v) is 16.5. The summed E-state index contributed by atoms with van der Waals surface area (Å²) in [6.45, 7) is 4.04. The summed E-state index contributed by atoms with van der Waals surface area (Å²) >= 11 is 0. The summed E-state index contributed by atoms with van der Waals surface area (Å²) < 4.78 is 9.51. The van der Waals surface area contributed by atoms with Gasteiger partial charge in [-0.25, -0.2) is 0 Å². The molecule has 0 spiro atoms. The smallest absolute Gasteiger partial charge is 0.0998 e. The maximum Gasteiger partial charge on any atom is 0.0998 e. The zero-order valence-corrected chi connectivity index (χ0v) is 43.9. The summed E-state index contributed by atoms with van der Waals surface area (Å²) in [5.74, 6) is 0. The lowest BCUT2D eigenvalue weighted by atomic mass is 9.97. The van der Waals surface area contributed by atoms with Crippen molar-refractivity contribution in [2.75, 3.05) is 0 Å². The minimum atomic E-state index is 0.590. The van der Waals surface area contributed by atoms with Gasteiger partial charge in [0.05, 0.1) is 67.1 Å². The zero-order chi connectivity index (χ0) is 53.2. The third-order valence-electron chi connectivity index (χ3n) is 16.5. The largest absolute Gasteiger partial charge is 0.309 e. The third kappa shape index (κ3) is 6.87. The van der Waals surface area contributed by atoms with Crippen LogP contribution in [0.3, 0.4) is 0 Å². The summed E-state index contributed by atoms with van der Waals surface area (Å²) in [6.07, 6.45) is 0. The Morgan fingerprint density at radius 3 is 0.975 bits per heavy atom. The van der Waals surface area contributed by atoms with E-state index in [2.05, 4.69) is 279 Å². The predicted octanol–water partition coefficient (Wildman–Crippen LogP) is 19.0. The highest BCUT2D eigenvalue weighted by Crippen LogP contribution is 2.44. The molecule has 0 N–H and O–H groups in total. The van der Waals surface area contributed by atoms with Crippen molar-refractivity contribution >= 4 is 87.2 Å². The van der Waals surface area contributed by atoms with Gasteiger partial charge in [0.2, 0.25) is 0 Å². The van der Waals surface area contributed by atoms with Crippen molar-refractivity contribution in [3.63, 3.8) is 0 Å². The number of benzene rings is 11. The van der Waals surface area contributed by atoms with Crippen LogP contribution in [0.1, 0.15) is 17.0 Å². The van der Waals surface area contributed by atoms with Gasteiger partial charge >= 0.3 is 0 Å². The number of aryl methyl sites for hydroxylation is 2. The Labute approximate surface area is 461 Å². The average Bonchev–Trinajstić information content (AvgIpc) is 4.44. The van der Waals surface area contributed by atoms with Crippen LogP contribution in [0.5, 0.6) is 0 Å². The lowest BCUT2D eigenvalue weighted by Gasteiger charge is -2.20. The summed E-state index contributed by atoms with van der Waals surface area (Å²) in [4.78, 5) is 4.74. The molecule has 374 valence electrons. The van der Waals surface area contributed by atoms with E-state index < -0.39 is 0 Å². The summed E-state index contributed by atoms with van der Waals surface area (Å²) in [5, 5.41) is 20.8. The maximum absolute atomic E-state index is 11.2. The maximum atomic E-state index is 11.2. The highest BCUT2D eigenvalue weighted by Gasteiger charge is 2.24. The first-order valence-corrected chi connectivity index (χ1v) is 27.2. The Hall–Kier alpha value is -10.7. The van der Waals surface area contributed by atoms with Crippen LogP contribution in [-0.4, -0.2) is 23.3 Å². The SMILES string of the molecule is Cc1cc(-c2cc(-n3c4ccccc4c4cc(-c5ccc(-n6c7ccccc7c7ccccc76)cc5)ccc43)c(-n3c4ccccc4c4cc(-c5ccc(-n6c7ccccc7c7ccccc76)cc5)ccc43)cc2C#N)cc(C)n1. The van der Waals surface area contributed by atoms with Crippen molar-refractivity contribution in [3.05, 3.63) is 272 Å². The molecule has 0 fully saturated rings. The van der Waals surface area contributed by atoms with E-state index >= 15 is 0 Å². The van der Waals surface area contributed by atoms with Gasteiger partial charge in [0.15, 0.2) is 0 Å². The van der Waals surface area contributed by atoms with Crippen LogP contribution in [0.25, 0.3) is 143 Å². The quantitative estimate of drug-likeness (QED) is 0.160. The fraction of sp³-hybridized carbons (Fsp3) is 0.0270. The van der Waals surface area contributed by atoms with Gasteiger partial charge in [-0.2, -0.15) is 5.26 Å². The van der Waals surface area contributed by atoms with Gasteiger partial charge in [-0.3, -0.25) is 4.98 Å². The predicted molar refractivity (Wildman–Crippen MR) is 332 cm³/mol. The molecule has 11 aromatic carbocycles. The minimum Gasteiger partial charge on any atom is -0.309 e. The highest BCUT2D eigenvalue weighted by molar-refractivity contribution is 6.14. The molecule has 0 aliphatic rings. The summed E-state index contributed by atoms with van der Waals surface area (Å²) in [6, 6.07) is 94.9. The van der Waals surface area contributed by atoms with Crippen LogP contribution < -0.4 is 0 Å². The molecule has 5 heterocycles. The number of hydrogen-bond acceptors (Lipinski definition) is 2. The van der Waals surface area contributed by atoms with Gasteiger partial charge in [-0.15, -0.1) is 0 Å². The monoisotopic (exact) mass is 1020 g/mol. The number of aromatic nitrogens is 5.